The molecule has 6 heteroatoms. The van der Waals surface area contributed by atoms with Gasteiger partial charge in [-0.2, -0.15) is 0 Å². The Labute approximate surface area is 115 Å². The van der Waals surface area contributed by atoms with Crippen molar-refractivity contribution in [1.29, 1.82) is 0 Å². The summed E-state index contributed by atoms with van der Waals surface area (Å²) in [5.41, 5.74) is 6.29. The molecule has 0 aliphatic heterocycles. The maximum Gasteiger partial charge on any atom is 0.321 e. The number of ether oxygens (including phenoxy) is 1. The zero-order valence-electron chi connectivity index (χ0n) is 8.02. The van der Waals surface area contributed by atoms with Gasteiger partial charge >= 0.3 is 6.01 Å². The number of benzene rings is 1. The van der Waals surface area contributed by atoms with Crippen LogP contribution in [0.3, 0.4) is 0 Å². The molecule has 0 unspecified atom stereocenters. The molecule has 0 spiro atoms. The average molecular weight is 392 g/mol. The van der Waals surface area contributed by atoms with E-state index in [1.54, 1.807) is 24.5 Å². The number of nitrogen functional groups attached to an aromatic ring is 1. The summed E-state index contributed by atoms with van der Waals surface area (Å²) >= 11 is 5.49. The van der Waals surface area contributed by atoms with Crippen molar-refractivity contribution in [1.82, 2.24) is 9.97 Å². The first-order valence-corrected chi connectivity index (χ1v) is 6.23. The highest BCUT2D eigenvalue weighted by Gasteiger charge is 2.05. The van der Waals surface area contributed by atoms with Crippen LogP contribution in [0, 0.1) is 3.57 Å². The topological polar surface area (TPSA) is 61.0 Å². The van der Waals surface area contributed by atoms with Crippen molar-refractivity contribution in [2.24, 2.45) is 0 Å². The van der Waals surface area contributed by atoms with Gasteiger partial charge in [0.25, 0.3) is 0 Å². The Balaban J connectivity index is 2.26. The Hall–Kier alpha value is -0.890. The van der Waals surface area contributed by atoms with E-state index in [0.717, 1.165) is 8.04 Å². The monoisotopic (exact) mass is 391 g/mol. The molecule has 2 N–H and O–H groups in total. The molecule has 0 aliphatic carbocycles. The number of anilines is 1. The molecule has 0 amide bonds. The molecule has 1 aromatic heterocycles. The fraction of sp³-hybridized carbons (Fsp3) is 0. The van der Waals surface area contributed by atoms with Crippen molar-refractivity contribution in [2.75, 3.05) is 5.73 Å². The first-order valence-electron chi connectivity index (χ1n) is 4.35. The SMILES string of the molecule is Nc1ccc(Br)c(Oc2ncc(I)cn2)c1. The summed E-state index contributed by atoms with van der Waals surface area (Å²) in [6.45, 7) is 0. The lowest BCUT2D eigenvalue weighted by atomic mass is 10.3. The molecule has 0 bridgehead atoms. The van der Waals surface area contributed by atoms with E-state index in [0.29, 0.717) is 17.4 Å². The number of nitrogens with zero attached hydrogens (tertiary/aromatic N) is 2. The first-order chi connectivity index (χ1) is 7.65. The van der Waals surface area contributed by atoms with E-state index in [4.69, 9.17) is 10.5 Å². The molecule has 82 valence electrons. The van der Waals surface area contributed by atoms with Crippen LogP contribution in [0.15, 0.2) is 35.1 Å². The molecule has 0 radical (unpaired) electrons. The molecule has 0 aliphatic rings. The van der Waals surface area contributed by atoms with Crippen LogP contribution in [0.1, 0.15) is 0 Å². The zero-order valence-corrected chi connectivity index (χ0v) is 11.8. The smallest absolute Gasteiger partial charge is 0.321 e. The second-order valence-corrected chi connectivity index (χ2v) is 5.08. The molecule has 0 fully saturated rings. The Morgan fingerprint density at radius 3 is 2.62 bits per heavy atom. The summed E-state index contributed by atoms with van der Waals surface area (Å²) in [5.74, 6) is 0.598. The maximum absolute atomic E-state index is 5.66. The third-order valence-corrected chi connectivity index (χ3v) is 2.97. The van der Waals surface area contributed by atoms with Crippen LogP contribution in [0.5, 0.6) is 11.8 Å². The summed E-state index contributed by atoms with van der Waals surface area (Å²) in [5, 5.41) is 0. The van der Waals surface area contributed by atoms with Crippen molar-refractivity contribution < 1.29 is 4.74 Å². The third kappa shape index (κ3) is 2.82. The van der Waals surface area contributed by atoms with Crippen molar-refractivity contribution in [2.45, 2.75) is 0 Å². The van der Waals surface area contributed by atoms with E-state index < -0.39 is 0 Å². The average Bonchev–Trinajstić information content (AvgIpc) is 2.27. The molecule has 2 rings (SSSR count). The van der Waals surface area contributed by atoms with Gasteiger partial charge in [0, 0.05) is 27.7 Å². The largest absolute Gasteiger partial charge is 0.423 e. The number of hydrogen-bond donors (Lipinski definition) is 1. The minimum atomic E-state index is 0.298. The molecule has 1 aromatic carbocycles. The lowest BCUT2D eigenvalue weighted by Gasteiger charge is -2.06. The van der Waals surface area contributed by atoms with E-state index >= 15 is 0 Å². The van der Waals surface area contributed by atoms with Crippen molar-refractivity contribution in [3.05, 3.63) is 38.6 Å². The summed E-state index contributed by atoms with van der Waals surface area (Å²) in [6.07, 6.45) is 3.37. The summed E-state index contributed by atoms with van der Waals surface area (Å²) in [4.78, 5) is 8.08. The Kier molecular flexibility index (Phi) is 3.59. The quantitative estimate of drug-likeness (QED) is 0.630. The number of aromatic nitrogens is 2. The molecule has 2 aromatic rings. The number of hydrogen-bond acceptors (Lipinski definition) is 4. The summed E-state index contributed by atoms with van der Waals surface area (Å²) in [6, 6.07) is 5.61. The fourth-order valence-corrected chi connectivity index (χ4v) is 1.66. The molecular weight excluding hydrogens is 385 g/mol. The van der Waals surface area contributed by atoms with Crippen molar-refractivity contribution in [3.8, 4) is 11.8 Å². The standard InChI is InChI=1S/C10H7BrIN3O/c11-8-2-1-7(13)3-9(8)16-10-14-4-6(12)5-15-10/h1-5H,13H2. The van der Waals surface area contributed by atoms with Crippen LogP contribution in [0.25, 0.3) is 0 Å². The lowest BCUT2D eigenvalue weighted by Crippen LogP contribution is -1.93. The van der Waals surface area contributed by atoms with Gasteiger partial charge in [-0.3, -0.25) is 0 Å². The molecule has 0 saturated carbocycles. The zero-order chi connectivity index (χ0) is 11.5. The van der Waals surface area contributed by atoms with Crippen molar-refractivity contribution >= 4 is 44.2 Å². The third-order valence-electron chi connectivity index (χ3n) is 1.75. The second kappa shape index (κ2) is 4.96. The highest BCUT2D eigenvalue weighted by Crippen LogP contribution is 2.29. The predicted octanol–water partition coefficient (Wildman–Crippen LogP) is 3.22. The van der Waals surface area contributed by atoms with E-state index in [9.17, 15) is 0 Å². The van der Waals surface area contributed by atoms with Gasteiger partial charge in [-0.25, -0.2) is 9.97 Å². The van der Waals surface area contributed by atoms with Gasteiger partial charge < -0.3 is 10.5 Å². The van der Waals surface area contributed by atoms with Gasteiger partial charge in [0.2, 0.25) is 0 Å². The first kappa shape index (κ1) is 11.6. The van der Waals surface area contributed by atoms with E-state index in [2.05, 4.69) is 48.5 Å². The Bertz CT molecular complexity index is 504. The molecule has 1 heterocycles. The molecule has 0 atom stereocenters. The normalized spacial score (nSPS) is 10.1. The van der Waals surface area contributed by atoms with Crippen LogP contribution >= 0.6 is 38.5 Å². The minimum absolute atomic E-state index is 0.298. The van der Waals surface area contributed by atoms with Gasteiger partial charge in [0.05, 0.1) is 4.47 Å². The van der Waals surface area contributed by atoms with Gasteiger partial charge in [0.15, 0.2) is 0 Å². The molecule has 0 saturated heterocycles. The summed E-state index contributed by atoms with van der Waals surface area (Å²) in [7, 11) is 0. The number of halogens is 2. The number of rotatable bonds is 2. The van der Waals surface area contributed by atoms with Crippen LogP contribution in [-0.4, -0.2) is 9.97 Å². The second-order valence-electron chi connectivity index (χ2n) is 2.98. The molecule has 16 heavy (non-hydrogen) atoms. The highest BCUT2D eigenvalue weighted by atomic mass is 127. The Morgan fingerprint density at radius 2 is 1.94 bits per heavy atom. The molecular formula is C10H7BrIN3O. The molecule has 4 nitrogen and oxygen atoms in total. The van der Waals surface area contributed by atoms with E-state index in [1.807, 2.05) is 6.07 Å². The van der Waals surface area contributed by atoms with Gasteiger partial charge in [0.1, 0.15) is 5.75 Å². The lowest BCUT2D eigenvalue weighted by molar-refractivity contribution is 0.439. The number of nitrogens with two attached hydrogens (primary N) is 1. The maximum atomic E-state index is 5.66. The fourth-order valence-electron chi connectivity index (χ4n) is 1.05. The van der Waals surface area contributed by atoms with E-state index in [-0.39, 0.29) is 0 Å². The van der Waals surface area contributed by atoms with Crippen LogP contribution in [0.4, 0.5) is 5.69 Å². The minimum Gasteiger partial charge on any atom is -0.423 e. The highest BCUT2D eigenvalue weighted by molar-refractivity contribution is 14.1. The predicted molar refractivity (Wildman–Crippen MR) is 73.4 cm³/mol. The van der Waals surface area contributed by atoms with Crippen LogP contribution < -0.4 is 10.5 Å². The van der Waals surface area contributed by atoms with Gasteiger partial charge in [-0.05, 0) is 50.7 Å². The van der Waals surface area contributed by atoms with Crippen LogP contribution in [0.2, 0.25) is 0 Å². The Morgan fingerprint density at radius 1 is 1.25 bits per heavy atom. The van der Waals surface area contributed by atoms with Gasteiger partial charge in [-0.1, -0.05) is 0 Å². The summed E-state index contributed by atoms with van der Waals surface area (Å²) < 4.78 is 7.26. The van der Waals surface area contributed by atoms with Gasteiger partial charge in [-0.15, -0.1) is 0 Å². The van der Waals surface area contributed by atoms with Crippen LogP contribution in [-0.2, 0) is 0 Å². The van der Waals surface area contributed by atoms with Crippen molar-refractivity contribution in [3.63, 3.8) is 0 Å². The van der Waals surface area contributed by atoms with E-state index in [1.165, 1.54) is 0 Å².